The molecule has 162 valence electrons. The van der Waals surface area contributed by atoms with Gasteiger partial charge in [0.2, 0.25) is 0 Å². The predicted octanol–water partition coefficient (Wildman–Crippen LogP) is 2.56. The molecule has 31 heavy (non-hydrogen) atoms. The molecule has 3 aromatic rings. The number of hydrogen-bond acceptors (Lipinski definition) is 5. The van der Waals surface area contributed by atoms with Gasteiger partial charge in [-0.15, -0.1) is 5.10 Å². The van der Waals surface area contributed by atoms with Crippen molar-refractivity contribution in [2.24, 2.45) is 0 Å². The van der Waals surface area contributed by atoms with Crippen molar-refractivity contribution in [3.05, 3.63) is 57.4 Å². The van der Waals surface area contributed by atoms with Crippen LogP contribution in [0.25, 0.3) is 5.82 Å². The van der Waals surface area contributed by atoms with E-state index in [1.165, 1.54) is 12.8 Å². The molecule has 9 heteroatoms. The van der Waals surface area contributed by atoms with Gasteiger partial charge in [-0.2, -0.15) is 10.2 Å². The number of nitrogens with zero attached hydrogens (tertiary/aromatic N) is 5. The number of nitrogens with one attached hydrogen (secondary N) is 2. The minimum atomic E-state index is -0.131. The average molecular weight is 422 g/mol. The van der Waals surface area contributed by atoms with Crippen molar-refractivity contribution in [2.45, 2.75) is 70.4 Å². The molecule has 0 unspecified atom stereocenters. The van der Waals surface area contributed by atoms with Gasteiger partial charge < -0.3 is 5.32 Å². The molecule has 3 heterocycles. The van der Waals surface area contributed by atoms with Crippen LogP contribution in [-0.2, 0) is 0 Å². The Bertz CT molecular complexity index is 1160. The highest BCUT2D eigenvalue weighted by Gasteiger charge is 2.28. The second kappa shape index (κ2) is 7.79. The molecule has 0 aromatic carbocycles. The molecule has 2 fully saturated rings. The number of aromatic amines is 1. The van der Waals surface area contributed by atoms with Gasteiger partial charge in [0.05, 0.1) is 11.7 Å². The van der Waals surface area contributed by atoms with Crippen LogP contribution in [-0.4, -0.2) is 41.7 Å². The van der Waals surface area contributed by atoms with Gasteiger partial charge >= 0.3 is 0 Å². The van der Waals surface area contributed by atoms with Crippen LogP contribution in [0.5, 0.6) is 0 Å². The molecule has 2 aliphatic carbocycles. The molecule has 0 atom stereocenters. The zero-order chi connectivity index (χ0) is 21.5. The van der Waals surface area contributed by atoms with Crippen molar-refractivity contribution in [3.63, 3.8) is 0 Å². The van der Waals surface area contributed by atoms with Crippen LogP contribution >= 0.6 is 0 Å². The maximum Gasteiger partial charge on any atom is 0.271 e. The Morgan fingerprint density at radius 1 is 1.06 bits per heavy atom. The zero-order valence-corrected chi connectivity index (χ0v) is 17.8. The summed E-state index contributed by atoms with van der Waals surface area (Å²) in [6.45, 7) is 3.91. The van der Waals surface area contributed by atoms with E-state index in [-0.39, 0.29) is 23.6 Å². The summed E-state index contributed by atoms with van der Waals surface area (Å²) in [6, 6.07) is 7.22. The summed E-state index contributed by atoms with van der Waals surface area (Å²) in [5, 5.41) is 19.3. The largest absolute Gasteiger partial charge is 0.348 e. The first-order valence-corrected chi connectivity index (χ1v) is 11.0. The summed E-state index contributed by atoms with van der Waals surface area (Å²) in [5.74, 6) is 1.06. The summed E-state index contributed by atoms with van der Waals surface area (Å²) in [5.41, 5.74) is 3.29. The first-order valence-electron chi connectivity index (χ1n) is 11.0. The fourth-order valence-corrected chi connectivity index (χ4v) is 4.43. The Balaban J connectivity index is 1.24. The van der Waals surface area contributed by atoms with Gasteiger partial charge in [-0.05, 0) is 70.6 Å². The number of rotatable bonds is 5. The zero-order valence-electron chi connectivity index (χ0n) is 17.8. The molecule has 3 aromatic heterocycles. The van der Waals surface area contributed by atoms with Crippen LogP contribution in [0.3, 0.4) is 0 Å². The van der Waals surface area contributed by atoms with Crippen LogP contribution < -0.4 is 10.9 Å². The maximum absolute atomic E-state index is 12.5. The molecule has 0 spiro atoms. The van der Waals surface area contributed by atoms with Crippen LogP contribution in [0, 0.1) is 13.8 Å². The molecule has 0 radical (unpaired) electrons. The van der Waals surface area contributed by atoms with E-state index in [0.717, 1.165) is 42.8 Å². The normalized spacial score (nSPS) is 21.2. The third kappa shape index (κ3) is 4.04. The fraction of sp³-hybridized carbons (Fsp3) is 0.500. The van der Waals surface area contributed by atoms with E-state index in [2.05, 4.69) is 25.7 Å². The summed E-state index contributed by atoms with van der Waals surface area (Å²) < 4.78 is 3.34. The van der Waals surface area contributed by atoms with E-state index in [1.54, 1.807) is 21.5 Å². The van der Waals surface area contributed by atoms with Crippen molar-refractivity contribution < 1.29 is 4.79 Å². The Hall–Kier alpha value is -3.23. The van der Waals surface area contributed by atoms with E-state index >= 15 is 0 Å². The third-order valence-corrected chi connectivity index (χ3v) is 6.26. The molecule has 0 bridgehead atoms. The van der Waals surface area contributed by atoms with Crippen molar-refractivity contribution in [1.82, 2.24) is 35.1 Å². The van der Waals surface area contributed by atoms with Crippen molar-refractivity contribution in [3.8, 4) is 5.82 Å². The molecule has 9 nitrogen and oxygen atoms in total. The molecule has 1 amide bonds. The number of carbonyl (C=O) groups is 1. The molecular formula is C22H27N7O2. The number of amides is 1. The van der Waals surface area contributed by atoms with Gasteiger partial charge in [0, 0.05) is 29.4 Å². The van der Waals surface area contributed by atoms with Crippen molar-refractivity contribution >= 4 is 5.91 Å². The minimum absolute atomic E-state index is 0.0180. The molecule has 2 N–H and O–H groups in total. The Morgan fingerprint density at radius 2 is 1.84 bits per heavy atom. The highest BCUT2D eigenvalue weighted by Crippen LogP contribution is 2.39. The predicted molar refractivity (Wildman–Crippen MR) is 114 cm³/mol. The standard InChI is InChI=1S/C22H27N7O2/c1-13-11-14(2)28(26-13)20-9-10-21(30)29(27-20)17-7-5-16(6-8-17)23-22(31)19-12-18(24-25-19)15-3-4-15/h9-12,15-17H,3-8H2,1-2H3,(H,23,31)(H,24,25). The van der Waals surface area contributed by atoms with E-state index in [4.69, 9.17) is 0 Å². The number of carbonyl (C=O) groups excluding carboxylic acids is 1. The van der Waals surface area contributed by atoms with Crippen molar-refractivity contribution in [1.29, 1.82) is 0 Å². The lowest BCUT2D eigenvalue weighted by atomic mass is 9.91. The highest BCUT2D eigenvalue weighted by molar-refractivity contribution is 5.92. The monoisotopic (exact) mass is 421 g/mol. The van der Waals surface area contributed by atoms with Gasteiger partial charge in [0.15, 0.2) is 5.82 Å². The minimum Gasteiger partial charge on any atom is -0.348 e. The Morgan fingerprint density at radius 3 is 2.52 bits per heavy atom. The summed E-state index contributed by atoms with van der Waals surface area (Å²) in [7, 11) is 0. The lowest BCUT2D eigenvalue weighted by Gasteiger charge is -2.29. The molecule has 2 saturated carbocycles. The molecule has 0 aliphatic heterocycles. The van der Waals surface area contributed by atoms with E-state index < -0.39 is 0 Å². The van der Waals surface area contributed by atoms with Crippen LogP contribution in [0.1, 0.15) is 78.1 Å². The van der Waals surface area contributed by atoms with Gasteiger partial charge in [-0.3, -0.25) is 14.7 Å². The second-order valence-corrected chi connectivity index (χ2v) is 8.77. The number of aryl methyl sites for hydroxylation is 2. The summed E-state index contributed by atoms with van der Waals surface area (Å²) in [6.07, 6.45) is 5.50. The SMILES string of the molecule is Cc1cc(C)n(-c2ccc(=O)n(C3CCC(NC(=O)c4cc(C5CC5)[nH]n4)CC3)n2)n1. The van der Waals surface area contributed by atoms with Crippen LogP contribution in [0.4, 0.5) is 0 Å². The summed E-state index contributed by atoms with van der Waals surface area (Å²) in [4.78, 5) is 25.0. The Labute approximate surface area is 179 Å². The summed E-state index contributed by atoms with van der Waals surface area (Å²) >= 11 is 0. The fourth-order valence-electron chi connectivity index (χ4n) is 4.43. The average Bonchev–Trinajstić information content (AvgIpc) is 3.38. The van der Waals surface area contributed by atoms with Gasteiger partial charge in [-0.1, -0.05) is 0 Å². The number of H-pyrrole nitrogens is 1. The number of aromatic nitrogens is 6. The lowest BCUT2D eigenvalue weighted by Crippen LogP contribution is -2.39. The van der Waals surface area contributed by atoms with E-state index in [1.807, 2.05) is 26.0 Å². The quantitative estimate of drug-likeness (QED) is 0.658. The first kappa shape index (κ1) is 19.7. The lowest BCUT2D eigenvalue weighted by molar-refractivity contribution is 0.0916. The molecule has 5 rings (SSSR count). The van der Waals surface area contributed by atoms with Crippen LogP contribution in [0.2, 0.25) is 0 Å². The van der Waals surface area contributed by atoms with Gasteiger partial charge in [0.1, 0.15) is 5.69 Å². The first-order chi connectivity index (χ1) is 15.0. The molecular weight excluding hydrogens is 394 g/mol. The molecule has 2 aliphatic rings. The van der Waals surface area contributed by atoms with Crippen molar-refractivity contribution in [2.75, 3.05) is 0 Å². The Kier molecular flexibility index (Phi) is 4.95. The highest BCUT2D eigenvalue weighted by atomic mass is 16.2. The topological polar surface area (TPSA) is 110 Å². The smallest absolute Gasteiger partial charge is 0.271 e. The van der Waals surface area contributed by atoms with Crippen LogP contribution in [0.15, 0.2) is 29.1 Å². The second-order valence-electron chi connectivity index (χ2n) is 8.77. The maximum atomic E-state index is 12.5. The third-order valence-electron chi connectivity index (χ3n) is 6.26. The van der Waals surface area contributed by atoms with E-state index in [9.17, 15) is 9.59 Å². The number of hydrogen-bond donors (Lipinski definition) is 2. The molecule has 0 saturated heterocycles. The van der Waals surface area contributed by atoms with Gasteiger partial charge in [-0.25, -0.2) is 9.36 Å². The van der Waals surface area contributed by atoms with Gasteiger partial charge in [0.25, 0.3) is 11.5 Å². The van der Waals surface area contributed by atoms with E-state index in [0.29, 0.717) is 17.4 Å².